The third-order valence-corrected chi connectivity index (χ3v) is 2.57. The minimum Gasteiger partial charge on any atom is -0.345 e. The van der Waals surface area contributed by atoms with Gasteiger partial charge in [-0.15, -0.1) is 0 Å². The number of hydrogen-bond acceptors (Lipinski definition) is 3. The minimum absolute atomic E-state index is 0.00842. The Morgan fingerprint density at radius 1 is 1.22 bits per heavy atom. The molecule has 0 spiro atoms. The van der Waals surface area contributed by atoms with Gasteiger partial charge in [0.1, 0.15) is 0 Å². The van der Waals surface area contributed by atoms with Crippen molar-refractivity contribution in [3.05, 3.63) is 59.9 Å². The van der Waals surface area contributed by atoms with E-state index in [-0.39, 0.29) is 11.6 Å². The quantitative estimate of drug-likeness (QED) is 0.901. The molecule has 0 saturated heterocycles. The summed E-state index contributed by atoms with van der Waals surface area (Å²) in [6.07, 6.45) is 5.69. The largest absolute Gasteiger partial charge is 0.345 e. The Morgan fingerprint density at radius 3 is 2.56 bits per heavy atom. The van der Waals surface area contributed by atoms with E-state index < -0.39 is 11.7 Å². The molecule has 92 valence electrons. The zero-order valence-corrected chi connectivity index (χ0v) is 9.80. The molecule has 2 rings (SSSR count). The van der Waals surface area contributed by atoms with E-state index >= 15 is 0 Å². The number of nitrogens with zero attached hydrogens (tertiary/aromatic N) is 2. The van der Waals surface area contributed by atoms with Crippen molar-refractivity contribution in [3.8, 4) is 0 Å². The average Bonchev–Trinajstić information content (AvgIpc) is 2.40. The van der Waals surface area contributed by atoms with Gasteiger partial charge in [0.15, 0.2) is 5.82 Å². The second-order valence-corrected chi connectivity index (χ2v) is 3.83. The minimum atomic E-state index is -0.628. The van der Waals surface area contributed by atoms with Crippen LogP contribution in [0.2, 0.25) is 0 Å². The van der Waals surface area contributed by atoms with Gasteiger partial charge in [0.2, 0.25) is 0 Å². The molecule has 1 N–H and O–H groups in total. The van der Waals surface area contributed by atoms with Crippen molar-refractivity contribution in [2.24, 2.45) is 0 Å². The molecule has 0 saturated carbocycles. The van der Waals surface area contributed by atoms with E-state index in [4.69, 9.17) is 0 Å². The van der Waals surface area contributed by atoms with E-state index in [1.165, 1.54) is 12.3 Å². The fourth-order valence-electron chi connectivity index (χ4n) is 1.57. The van der Waals surface area contributed by atoms with Crippen molar-refractivity contribution in [1.29, 1.82) is 0 Å². The first kappa shape index (κ1) is 12.2. The molecule has 1 amide bonds. The summed E-state index contributed by atoms with van der Waals surface area (Å²) in [6.45, 7) is 1.83. The number of carbonyl (C=O) groups is 1. The van der Waals surface area contributed by atoms with Crippen molar-refractivity contribution in [1.82, 2.24) is 15.3 Å². The lowest BCUT2D eigenvalue weighted by atomic mass is 10.1. The van der Waals surface area contributed by atoms with Crippen LogP contribution in [0.3, 0.4) is 0 Å². The van der Waals surface area contributed by atoms with Gasteiger partial charge in [-0.1, -0.05) is 0 Å². The maximum absolute atomic E-state index is 13.4. The molecular weight excluding hydrogens is 233 g/mol. The molecule has 0 bridgehead atoms. The highest BCUT2D eigenvalue weighted by atomic mass is 19.1. The molecule has 18 heavy (non-hydrogen) atoms. The highest BCUT2D eigenvalue weighted by Crippen LogP contribution is 2.12. The fraction of sp³-hybridized carbons (Fsp3) is 0.154. The summed E-state index contributed by atoms with van der Waals surface area (Å²) in [4.78, 5) is 19.4. The summed E-state index contributed by atoms with van der Waals surface area (Å²) in [7, 11) is 0. The van der Waals surface area contributed by atoms with Gasteiger partial charge in [-0.25, -0.2) is 4.39 Å². The summed E-state index contributed by atoms with van der Waals surface area (Å²) in [5, 5.41) is 2.72. The second-order valence-electron chi connectivity index (χ2n) is 3.83. The molecular formula is C13H12FN3O. The van der Waals surface area contributed by atoms with Gasteiger partial charge in [-0.2, -0.15) is 0 Å². The van der Waals surface area contributed by atoms with Gasteiger partial charge < -0.3 is 5.32 Å². The van der Waals surface area contributed by atoms with Crippen LogP contribution < -0.4 is 5.32 Å². The normalized spacial score (nSPS) is 11.9. The topological polar surface area (TPSA) is 54.9 Å². The number of halogens is 1. The molecule has 1 unspecified atom stereocenters. The Bertz CT molecular complexity index is 545. The zero-order valence-electron chi connectivity index (χ0n) is 9.80. The Morgan fingerprint density at radius 2 is 1.89 bits per heavy atom. The Labute approximate surface area is 104 Å². The average molecular weight is 245 g/mol. The van der Waals surface area contributed by atoms with E-state index in [1.807, 2.05) is 6.92 Å². The lowest BCUT2D eigenvalue weighted by Gasteiger charge is -2.14. The number of aromatic nitrogens is 2. The molecule has 2 aromatic heterocycles. The number of nitrogens with one attached hydrogen (secondary N) is 1. The molecule has 0 fully saturated rings. The van der Waals surface area contributed by atoms with Crippen molar-refractivity contribution < 1.29 is 9.18 Å². The van der Waals surface area contributed by atoms with E-state index in [0.717, 1.165) is 11.8 Å². The summed E-state index contributed by atoms with van der Waals surface area (Å²) < 4.78 is 13.4. The van der Waals surface area contributed by atoms with Crippen LogP contribution in [0, 0.1) is 5.82 Å². The number of amides is 1. The van der Waals surface area contributed by atoms with Gasteiger partial charge >= 0.3 is 0 Å². The summed E-state index contributed by atoms with van der Waals surface area (Å²) in [6, 6.07) is 4.74. The number of pyridine rings is 2. The highest BCUT2D eigenvalue weighted by Gasteiger charge is 2.14. The molecule has 5 heteroatoms. The van der Waals surface area contributed by atoms with Gasteiger partial charge in [0.05, 0.1) is 17.8 Å². The smallest absolute Gasteiger partial charge is 0.254 e. The lowest BCUT2D eigenvalue weighted by Crippen LogP contribution is -2.27. The monoisotopic (exact) mass is 245 g/mol. The molecule has 0 aliphatic heterocycles. The first-order valence-electron chi connectivity index (χ1n) is 5.49. The first-order valence-corrected chi connectivity index (χ1v) is 5.49. The maximum atomic E-state index is 13.4. The Kier molecular flexibility index (Phi) is 3.62. The van der Waals surface area contributed by atoms with Crippen LogP contribution in [0.1, 0.15) is 28.9 Å². The van der Waals surface area contributed by atoms with Gasteiger partial charge in [-0.05, 0) is 30.7 Å². The second kappa shape index (κ2) is 5.35. The van der Waals surface area contributed by atoms with Gasteiger partial charge in [0.25, 0.3) is 5.91 Å². The predicted molar refractivity (Wildman–Crippen MR) is 64.3 cm³/mol. The predicted octanol–water partition coefficient (Wildman–Crippen LogP) is 2.11. The first-order chi connectivity index (χ1) is 8.68. The number of carbonyl (C=O) groups excluding carboxylic acids is 1. The number of rotatable bonds is 3. The third-order valence-electron chi connectivity index (χ3n) is 2.57. The molecule has 4 nitrogen and oxygen atoms in total. The lowest BCUT2D eigenvalue weighted by molar-refractivity contribution is 0.0935. The SMILES string of the molecule is CC(NC(=O)c1ccncc1F)c1ccncc1. The molecule has 0 aliphatic rings. The molecule has 1 atom stereocenters. The molecule has 2 aromatic rings. The van der Waals surface area contributed by atoms with Crippen LogP contribution >= 0.6 is 0 Å². The van der Waals surface area contributed by atoms with Crippen LogP contribution in [-0.2, 0) is 0 Å². The summed E-state index contributed by atoms with van der Waals surface area (Å²) in [5.74, 6) is -1.09. The molecule has 0 radical (unpaired) electrons. The van der Waals surface area contributed by atoms with Gasteiger partial charge in [-0.3, -0.25) is 14.8 Å². The van der Waals surface area contributed by atoms with Crippen LogP contribution in [0.25, 0.3) is 0 Å². The van der Waals surface area contributed by atoms with Crippen LogP contribution in [0.4, 0.5) is 4.39 Å². The zero-order chi connectivity index (χ0) is 13.0. The molecule has 0 aliphatic carbocycles. The Hall–Kier alpha value is -2.30. The summed E-state index contributed by atoms with van der Waals surface area (Å²) in [5.41, 5.74) is 0.902. The van der Waals surface area contributed by atoms with Crippen LogP contribution in [0.5, 0.6) is 0 Å². The van der Waals surface area contributed by atoms with E-state index in [1.54, 1.807) is 24.5 Å². The van der Waals surface area contributed by atoms with Crippen LogP contribution in [-0.4, -0.2) is 15.9 Å². The Balaban J connectivity index is 2.11. The van der Waals surface area contributed by atoms with E-state index in [2.05, 4.69) is 15.3 Å². The third kappa shape index (κ3) is 2.68. The van der Waals surface area contributed by atoms with Crippen molar-refractivity contribution in [2.45, 2.75) is 13.0 Å². The van der Waals surface area contributed by atoms with E-state index in [9.17, 15) is 9.18 Å². The molecule has 0 aromatic carbocycles. The van der Waals surface area contributed by atoms with Crippen LogP contribution in [0.15, 0.2) is 43.0 Å². The maximum Gasteiger partial charge on any atom is 0.254 e. The van der Waals surface area contributed by atoms with Gasteiger partial charge in [0, 0.05) is 18.6 Å². The van der Waals surface area contributed by atoms with Crippen molar-refractivity contribution >= 4 is 5.91 Å². The highest BCUT2D eigenvalue weighted by molar-refractivity contribution is 5.94. The summed E-state index contributed by atoms with van der Waals surface area (Å²) >= 11 is 0. The molecule has 2 heterocycles. The van der Waals surface area contributed by atoms with Crippen molar-refractivity contribution in [2.75, 3.05) is 0 Å². The van der Waals surface area contributed by atoms with E-state index in [0.29, 0.717) is 0 Å². The van der Waals surface area contributed by atoms with Crippen molar-refractivity contribution in [3.63, 3.8) is 0 Å². The number of hydrogen-bond donors (Lipinski definition) is 1. The fourth-order valence-corrected chi connectivity index (χ4v) is 1.57. The standard InChI is InChI=1S/C13H12FN3O/c1-9(10-2-5-15-6-3-10)17-13(18)11-4-7-16-8-12(11)14/h2-9H,1H3,(H,17,18).